The molecule has 1 aliphatic heterocycles. The summed E-state index contributed by atoms with van der Waals surface area (Å²) in [6, 6.07) is 2.10. The molecule has 1 N–H and O–H groups in total. The van der Waals surface area contributed by atoms with Gasteiger partial charge in [0.1, 0.15) is 6.54 Å². The summed E-state index contributed by atoms with van der Waals surface area (Å²) in [7, 11) is 0. The molecule has 2 heterocycles. The lowest BCUT2D eigenvalue weighted by atomic mass is 10.0. The highest BCUT2D eigenvalue weighted by Crippen LogP contribution is 2.17. The van der Waals surface area contributed by atoms with Crippen molar-refractivity contribution >= 4 is 11.9 Å². The van der Waals surface area contributed by atoms with Gasteiger partial charge < -0.3 is 19.4 Å². The number of carbonyl (C=O) groups excluding carboxylic acids is 2. The van der Waals surface area contributed by atoms with Crippen LogP contribution in [-0.2, 0) is 20.8 Å². The fourth-order valence-corrected chi connectivity index (χ4v) is 3.74. The average molecular weight is 394 g/mol. The van der Waals surface area contributed by atoms with Crippen LogP contribution in [0.2, 0.25) is 0 Å². The lowest BCUT2D eigenvalue weighted by Crippen LogP contribution is -2.49. The van der Waals surface area contributed by atoms with Crippen LogP contribution in [-0.4, -0.2) is 66.8 Å². The third-order valence-electron chi connectivity index (χ3n) is 5.21. The first-order chi connectivity index (χ1) is 13.3. The van der Waals surface area contributed by atoms with Crippen LogP contribution in [0, 0.1) is 19.8 Å². The zero-order valence-electron chi connectivity index (χ0n) is 17.9. The molecule has 1 aromatic rings. The van der Waals surface area contributed by atoms with E-state index in [1.54, 1.807) is 13.0 Å². The highest BCUT2D eigenvalue weighted by atomic mass is 16.5. The number of hydrogen-bond acceptors (Lipinski definition) is 5. The topological polar surface area (TPSA) is 72.8 Å². The van der Waals surface area contributed by atoms with Gasteiger partial charge >= 0.3 is 5.97 Å². The highest BCUT2D eigenvalue weighted by Gasteiger charge is 2.23. The van der Waals surface area contributed by atoms with Crippen molar-refractivity contribution in [1.29, 1.82) is 0 Å². The number of ether oxygens (including phenoxy) is 2. The summed E-state index contributed by atoms with van der Waals surface area (Å²) in [5, 5.41) is 3.09. The van der Waals surface area contributed by atoms with Crippen molar-refractivity contribution in [3.63, 3.8) is 0 Å². The second kappa shape index (κ2) is 10.6. The van der Waals surface area contributed by atoms with E-state index in [0.717, 1.165) is 44.1 Å². The predicted molar refractivity (Wildman–Crippen MR) is 109 cm³/mol. The Morgan fingerprint density at radius 1 is 1.25 bits per heavy atom. The van der Waals surface area contributed by atoms with Crippen molar-refractivity contribution in [3.8, 4) is 0 Å². The predicted octanol–water partition coefficient (Wildman–Crippen LogP) is 2.14. The van der Waals surface area contributed by atoms with E-state index in [4.69, 9.17) is 9.47 Å². The Bertz CT molecular complexity index is 663. The van der Waals surface area contributed by atoms with Crippen LogP contribution in [0.3, 0.4) is 0 Å². The van der Waals surface area contributed by atoms with E-state index >= 15 is 0 Å². The summed E-state index contributed by atoms with van der Waals surface area (Å²) in [4.78, 5) is 27.1. The third kappa shape index (κ3) is 6.07. The molecule has 28 heavy (non-hydrogen) atoms. The molecule has 0 saturated carbocycles. The molecule has 1 amide bonds. The number of amides is 1. The van der Waals surface area contributed by atoms with Gasteiger partial charge in [-0.05, 0) is 39.2 Å². The number of aromatic nitrogens is 1. The minimum atomic E-state index is -0.341. The Kier molecular flexibility index (Phi) is 8.51. The number of carbonyl (C=O) groups is 2. The van der Waals surface area contributed by atoms with Gasteiger partial charge in [-0.15, -0.1) is 0 Å². The van der Waals surface area contributed by atoms with Gasteiger partial charge in [-0.1, -0.05) is 13.8 Å². The second-order valence-corrected chi connectivity index (χ2v) is 7.83. The van der Waals surface area contributed by atoms with Crippen molar-refractivity contribution in [1.82, 2.24) is 14.8 Å². The summed E-state index contributed by atoms with van der Waals surface area (Å²) in [6.45, 7) is 14.4. The molecule has 2 rings (SSSR count). The van der Waals surface area contributed by atoms with Crippen LogP contribution in [0.25, 0.3) is 0 Å². The number of esters is 1. The van der Waals surface area contributed by atoms with Crippen molar-refractivity contribution in [2.45, 2.75) is 53.6 Å². The normalized spacial score (nSPS) is 16.2. The number of hydrogen-bond donors (Lipinski definition) is 1. The minimum Gasteiger partial charge on any atom is -0.462 e. The van der Waals surface area contributed by atoms with Crippen LogP contribution in [0.1, 0.15) is 48.9 Å². The molecule has 158 valence electrons. The molecule has 1 unspecified atom stereocenters. The first kappa shape index (κ1) is 22.4. The molecule has 1 atom stereocenters. The molecule has 0 spiro atoms. The van der Waals surface area contributed by atoms with E-state index in [1.165, 1.54) is 0 Å². The first-order valence-electron chi connectivity index (χ1n) is 10.3. The Labute approximate surface area is 168 Å². The molecule has 7 heteroatoms. The molecule has 1 fully saturated rings. The molecule has 1 aliphatic rings. The maximum atomic E-state index is 12.6. The number of aryl methyl sites for hydroxylation is 1. The van der Waals surface area contributed by atoms with E-state index in [-0.39, 0.29) is 18.4 Å². The zero-order valence-corrected chi connectivity index (χ0v) is 17.9. The smallest absolute Gasteiger partial charge is 0.339 e. The standard InChI is InChI=1S/C21H35N3O4/c1-6-28-21(26)19-12-16(4)24(17(19)5)14-20(25)22-13-18(11-15(2)3)23-7-9-27-10-8-23/h12,15,18H,6-11,13-14H2,1-5H3,(H,22,25). The Balaban J connectivity index is 1.97. The van der Waals surface area contributed by atoms with Gasteiger partial charge in [0.15, 0.2) is 0 Å². The molecule has 0 aliphatic carbocycles. The van der Waals surface area contributed by atoms with Crippen LogP contribution in [0.15, 0.2) is 6.07 Å². The SMILES string of the molecule is CCOC(=O)c1cc(C)n(CC(=O)NCC(CC(C)C)N2CCOCC2)c1C. The van der Waals surface area contributed by atoms with E-state index in [1.807, 2.05) is 18.4 Å². The second-order valence-electron chi connectivity index (χ2n) is 7.83. The summed E-state index contributed by atoms with van der Waals surface area (Å²) < 4.78 is 12.4. The highest BCUT2D eigenvalue weighted by molar-refractivity contribution is 5.91. The molecule has 0 bridgehead atoms. The molecule has 7 nitrogen and oxygen atoms in total. The van der Waals surface area contributed by atoms with Crippen molar-refractivity contribution in [2.24, 2.45) is 5.92 Å². The summed E-state index contributed by atoms with van der Waals surface area (Å²) in [6.07, 6.45) is 1.04. The first-order valence-corrected chi connectivity index (χ1v) is 10.3. The van der Waals surface area contributed by atoms with Crippen LogP contribution in [0.5, 0.6) is 0 Å². The summed E-state index contributed by atoms with van der Waals surface area (Å²) in [5.74, 6) is 0.177. The van der Waals surface area contributed by atoms with Crippen molar-refractivity contribution in [3.05, 3.63) is 23.0 Å². The maximum absolute atomic E-state index is 12.6. The lowest BCUT2D eigenvalue weighted by molar-refractivity contribution is -0.122. The molecular weight excluding hydrogens is 358 g/mol. The van der Waals surface area contributed by atoms with Gasteiger partial charge in [0.05, 0.1) is 25.4 Å². The minimum absolute atomic E-state index is 0.0424. The molecule has 1 aromatic heterocycles. The third-order valence-corrected chi connectivity index (χ3v) is 5.21. The van der Waals surface area contributed by atoms with Crippen molar-refractivity contribution in [2.75, 3.05) is 39.5 Å². The van der Waals surface area contributed by atoms with Crippen LogP contribution < -0.4 is 5.32 Å². The van der Waals surface area contributed by atoms with Gasteiger partial charge in [0, 0.05) is 37.1 Å². The maximum Gasteiger partial charge on any atom is 0.339 e. The largest absolute Gasteiger partial charge is 0.462 e. The van der Waals surface area contributed by atoms with Gasteiger partial charge in [-0.3, -0.25) is 9.69 Å². The quantitative estimate of drug-likeness (QED) is 0.651. The summed E-state index contributed by atoms with van der Waals surface area (Å²) >= 11 is 0. The fraction of sp³-hybridized carbons (Fsp3) is 0.714. The van der Waals surface area contributed by atoms with Crippen LogP contribution >= 0.6 is 0 Å². The van der Waals surface area contributed by atoms with E-state index < -0.39 is 0 Å². The van der Waals surface area contributed by atoms with Gasteiger partial charge in [-0.25, -0.2) is 4.79 Å². The number of morpholine rings is 1. The Morgan fingerprint density at radius 3 is 2.54 bits per heavy atom. The van der Waals surface area contributed by atoms with Gasteiger partial charge in [0.2, 0.25) is 5.91 Å². The van der Waals surface area contributed by atoms with Crippen molar-refractivity contribution < 1.29 is 19.1 Å². The van der Waals surface area contributed by atoms with Gasteiger partial charge in [0.25, 0.3) is 0 Å². The number of nitrogens with zero attached hydrogens (tertiary/aromatic N) is 2. The summed E-state index contributed by atoms with van der Waals surface area (Å²) in [5.41, 5.74) is 2.17. The Hall–Kier alpha value is -1.86. The average Bonchev–Trinajstić information content (AvgIpc) is 2.94. The number of nitrogens with one attached hydrogen (secondary N) is 1. The van der Waals surface area contributed by atoms with E-state index in [2.05, 4.69) is 24.1 Å². The lowest BCUT2D eigenvalue weighted by Gasteiger charge is -2.35. The van der Waals surface area contributed by atoms with E-state index in [0.29, 0.717) is 30.7 Å². The molecular formula is C21H35N3O4. The van der Waals surface area contributed by atoms with Crippen LogP contribution in [0.4, 0.5) is 0 Å². The molecule has 1 saturated heterocycles. The van der Waals surface area contributed by atoms with Gasteiger partial charge in [-0.2, -0.15) is 0 Å². The number of rotatable bonds is 9. The fourth-order valence-electron chi connectivity index (χ4n) is 3.74. The zero-order chi connectivity index (χ0) is 20.7. The molecule has 0 radical (unpaired) electrons. The van der Waals surface area contributed by atoms with E-state index in [9.17, 15) is 9.59 Å². The molecule has 0 aromatic carbocycles. The monoisotopic (exact) mass is 393 g/mol. The Morgan fingerprint density at radius 2 is 1.93 bits per heavy atom.